The molecule has 3 aromatic carbocycles. The SMILES string of the molecule is CC(C)CNC(=O)C(C)N(Cc1ccc(Br)cc1)C(=O)CCCN1c2cccc3cccc(c23)S1(=O)=O. The lowest BCUT2D eigenvalue weighted by atomic mass is 10.1. The maximum atomic E-state index is 13.4. The van der Waals surface area contributed by atoms with Crippen LogP contribution in [0.1, 0.15) is 39.2 Å². The summed E-state index contributed by atoms with van der Waals surface area (Å²) in [4.78, 5) is 28.1. The van der Waals surface area contributed by atoms with Crippen molar-refractivity contribution in [3.8, 4) is 0 Å². The zero-order chi connectivity index (χ0) is 26.7. The van der Waals surface area contributed by atoms with Crippen LogP contribution < -0.4 is 9.62 Å². The van der Waals surface area contributed by atoms with E-state index in [1.54, 1.807) is 30.0 Å². The summed E-state index contributed by atoms with van der Waals surface area (Å²) in [6.07, 6.45) is 0.455. The summed E-state index contributed by atoms with van der Waals surface area (Å²) in [6.45, 7) is 6.76. The van der Waals surface area contributed by atoms with Crippen LogP contribution in [0.15, 0.2) is 70.0 Å². The van der Waals surface area contributed by atoms with E-state index in [1.807, 2.05) is 56.3 Å². The van der Waals surface area contributed by atoms with E-state index in [0.29, 0.717) is 29.5 Å². The number of anilines is 1. The molecule has 196 valence electrons. The second-order valence-electron chi connectivity index (χ2n) is 9.78. The lowest BCUT2D eigenvalue weighted by Gasteiger charge is -2.29. The molecule has 7 nitrogen and oxygen atoms in total. The van der Waals surface area contributed by atoms with E-state index in [1.165, 1.54) is 4.31 Å². The Balaban J connectivity index is 1.48. The number of nitrogens with one attached hydrogen (secondary N) is 1. The summed E-state index contributed by atoms with van der Waals surface area (Å²) in [5, 5.41) is 4.52. The largest absolute Gasteiger partial charge is 0.354 e. The quantitative estimate of drug-likeness (QED) is 0.359. The van der Waals surface area contributed by atoms with E-state index < -0.39 is 16.1 Å². The molecule has 37 heavy (non-hydrogen) atoms. The summed E-state index contributed by atoms with van der Waals surface area (Å²) < 4.78 is 28.8. The molecular weight excluding hydrogens is 554 g/mol. The van der Waals surface area contributed by atoms with Crippen molar-refractivity contribution in [3.63, 3.8) is 0 Å². The Morgan fingerprint density at radius 2 is 1.68 bits per heavy atom. The number of carbonyl (C=O) groups excluding carboxylic acids is 2. The number of benzene rings is 3. The van der Waals surface area contributed by atoms with Gasteiger partial charge in [0.15, 0.2) is 0 Å². The van der Waals surface area contributed by atoms with Gasteiger partial charge in [-0.05, 0) is 54.5 Å². The minimum atomic E-state index is -3.67. The first-order chi connectivity index (χ1) is 17.6. The third kappa shape index (κ3) is 5.83. The summed E-state index contributed by atoms with van der Waals surface area (Å²) in [5.41, 5.74) is 1.55. The van der Waals surface area contributed by atoms with Crippen molar-refractivity contribution in [3.05, 3.63) is 70.7 Å². The van der Waals surface area contributed by atoms with Gasteiger partial charge in [-0.1, -0.05) is 66.2 Å². The number of halogens is 1. The van der Waals surface area contributed by atoms with Crippen molar-refractivity contribution in [1.82, 2.24) is 10.2 Å². The van der Waals surface area contributed by atoms with Gasteiger partial charge in [0.1, 0.15) is 6.04 Å². The van der Waals surface area contributed by atoms with Crippen LogP contribution in [0.3, 0.4) is 0 Å². The number of rotatable bonds is 10. The predicted octanol–water partition coefficient (Wildman–Crippen LogP) is 5.08. The van der Waals surface area contributed by atoms with E-state index in [4.69, 9.17) is 0 Å². The molecule has 0 bridgehead atoms. The monoisotopic (exact) mass is 585 g/mol. The van der Waals surface area contributed by atoms with Crippen LogP contribution in [0.5, 0.6) is 0 Å². The Morgan fingerprint density at radius 3 is 2.35 bits per heavy atom. The molecule has 1 unspecified atom stereocenters. The van der Waals surface area contributed by atoms with Gasteiger partial charge in [0, 0.05) is 35.9 Å². The molecule has 1 aliphatic rings. The van der Waals surface area contributed by atoms with E-state index in [0.717, 1.165) is 20.8 Å². The zero-order valence-corrected chi connectivity index (χ0v) is 23.7. The standard InChI is InChI=1S/C28H32BrN3O4S/c1-19(2)17-30-28(34)20(3)31(18-21-12-14-23(29)15-13-21)26(33)11-6-16-32-24-9-4-7-22-8-5-10-25(27(22)24)37(32,35)36/h4-5,7-10,12-15,19-20H,6,11,16-18H2,1-3H3,(H,30,34). The van der Waals surface area contributed by atoms with Crippen LogP contribution >= 0.6 is 15.9 Å². The van der Waals surface area contributed by atoms with Gasteiger partial charge in [0.25, 0.3) is 10.0 Å². The van der Waals surface area contributed by atoms with Crippen molar-refractivity contribution >= 4 is 54.2 Å². The van der Waals surface area contributed by atoms with E-state index >= 15 is 0 Å². The summed E-state index contributed by atoms with van der Waals surface area (Å²) >= 11 is 3.43. The average molecular weight is 587 g/mol. The van der Waals surface area contributed by atoms with E-state index in [9.17, 15) is 18.0 Å². The maximum Gasteiger partial charge on any atom is 0.265 e. The molecule has 2 amide bonds. The molecule has 3 aromatic rings. The van der Waals surface area contributed by atoms with Gasteiger partial charge in [-0.25, -0.2) is 8.42 Å². The lowest BCUT2D eigenvalue weighted by molar-refractivity contribution is -0.140. The molecule has 1 N–H and O–H groups in total. The molecule has 0 radical (unpaired) electrons. The lowest BCUT2D eigenvalue weighted by Crippen LogP contribution is -2.48. The Kier molecular flexibility index (Phi) is 8.23. The molecule has 1 heterocycles. The van der Waals surface area contributed by atoms with Gasteiger partial charge in [-0.3, -0.25) is 13.9 Å². The second-order valence-corrected chi connectivity index (χ2v) is 12.5. The molecule has 1 atom stereocenters. The molecular formula is C28H32BrN3O4S. The van der Waals surface area contributed by atoms with Crippen molar-refractivity contribution in [2.24, 2.45) is 5.92 Å². The molecule has 0 spiro atoms. The topological polar surface area (TPSA) is 86.8 Å². The molecule has 0 saturated heterocycles. The third-order valence-corrected chi connectivity index (χ3v) is 8.94. The van der Waals surface area contributed by atoms with Gasteiger partial charge in [0.2, 0.25) is 11.8 Å². The van der Waals surface area contributed by atoms with Crippen LogP contribution in [0.25, 0.3) is 10.8 Å². The fourth-order valence-electron chi connectivity index (χ4n) is 4.54. The second kappa shape index (κ2) is 11.2. The van der Waals surface area contributed by atoms with E-state index in [2.05, 4.69) is 21.2 Å². The van der Waals surface area contributed by atoms with Crippen molar-refractivity contribution in [2.45, 2.75) is 51.1 Å². The van der Waals surface area contributed by atoms with Crippen LogP contribution in [0, 0.1) is 5.92 Å². The van der Waals surface area contributed by atoms with Crippen molar-refractivity contribution in [1.29, 1.82) is 0 Å². The molecule has 0 aromatic heterocycles. The summed E-state index contributed by atoms with van der Waals surface area (Å²) in [6, 6.07) is 17.8. The molecule has 0 saturated carbocycles. The van der Waals surface area contributed by atoms with Crippen molar-refractivity contribution in [2.75, 3.05) is 17.4 Å². The smallest absolute Gasteiger partial charge is 0.265 e. The fraction of sp³-hybridized carbons (Fsp3) is 0.357. The van der Waals surface area contributed by atoms with Crippen LogP contribution in [0.4, 0.5) is 5.69 Å². The maximum absolute atomic E-state index is 13.4. The number of hydrogen-bond acceptors (Lipinski definition) is 4. The summed E-state index contributed by atoms with van der Waals surface area (Å²) in [7, 11) is -3.67. The first-order valence-electron chi connectivity index (χ1n) is 12.5. The van der Waals surface area contributed by atoms with Crippen LogP contribution in [-0.4, -0.2) is 44.3 Å². The number of amides is 2. The van der Waals surface area contributed by atoms with Crippen LogP contribution in [-0.2, 0) is 26.2 Å². The first-order valence-corrected chi connectivity index (χ1v) is 14.7. The molecule has 0 aliphatic carbocycles. The predicted molar refractivity (Wildman–Crippen MR) is 150 cm³/mol. The highest BCUT2D eigenvalue weighted by atomic mass is 79.9. The number of carbonyl (C=O) groups is 2. The minimum Gasteiger partial charge on any atom is -0.354 e. The van der Waals surface area contributed by atoms with E-state index in [-0.39, 0.29) is 31.3 Å². The molecule has 1 aliphatic heterocycles. The number of nitrogens with zero attached hydrogens (tertiary/aromatic N) is 2. The van der Waals surface area contributed by atoms with Gasteiger partial charge in [-0.15, -0.1) is 0 Å². The normalized spacial score (nSPS) is 14.7. The molecule has 4 rings (SSSR count). The average Bonchev–Trinajstić information content (AvgIpc) is 3.09. The Hall–Kier alpha value is -2.91. The Bertz CT molecular complexity index is 1400. The van der Waals surface area contributed by atoms with Gasteiger partial charge in [0.05, 0.1) is 10.6 Å². The minimum absolute atomic E-state index is 0.122. The van der Waals surface area contributed by atoms with Crippen molar-refractivity contribution < 1.29 is 18.0 Å². The fourth-order valence-corrected chi connectivity index (χ4v) is 6.55. The third-order valence-electron chi connectivity index (χ3n) is 6.55. The Morgan fingerprint density at radius 1 is 1.00 bits per heavy atom. The number of sulfonamides is 1. The van der Waals surface area contributed by atoms with Gasteiger partial charge in [-0.2, -0.15) is 0 Å². The Labute approximate surface area is 227 Å². The molecule has 0 fully saturated rings. The highest BCUT2D eigenvalue weighted by Gasteiger charge is 2.35. The molecule has 9 heteroatoms. The highest BCUT2D eigenvalue weighted by Crippen LogP contribution is 2.42. The van der Waals surface area contributed by atoms with Gasteiger partial charge >= 0.3 is 0 Å². The van der Waals surface area contributed by atoms with Gasteiger partial charge < -0.3 is 10.2 Å². The number of hydrogen-bond donors (Lipinski definition) is 1. The first kappa shape index (κ1) is 27.1. The highest BCUT2D eigenvalue weighted by molar-refractivity contribution is 9.10. The zero-order valence-electron chi connectivity index (χ0n) is 21.3. The van der Waals surface area contributed by atoms with Crippen LogP contribution in [0.2, 0.25) is 0 Å². The summed E-state index contributed by atoms with van der Waals surface area (Å²) in [5.74, 6) is -0.103.